The summed E-state index contributed by atoms with van der Waals surface area (Å²) in [6, 6.07) is 7.64. The van der Waals surface area contributed by atoms with Crippen LogP contribution in [-0.2, 0) is 11.2 Å². The summed E-state index contributed by atoms with van der Waals surface area (Å²) in [5, 5.41) is 3.13. The van der Waals surface area contributed by atoms with Crippen LogP contribution in [0.3, 0.4) is 0 Å². The Balaban J connectivity index is 2.82. The zero-order valence-corrected chi connectivity index (χ0v) is 10.6. The largest absolute Gasteiger partial charge is 0.497 e. The Hall–Kier alpha value is -1.55. The third-order valence-corrected chi connectivity index (χ3v) is 2.83. The van der Waals surface area contributed by atoms with Crippen LogP contribution in [0.1, 0.15) is 19.4 Å². The fourth-order valence-corrected chi connectivity index (χ4v) is 1.78. The molecule has 0 spiro atoms. The van der Waals surface area contributed by atoms with Crippen LogP contribution in [0.25, 0.3) is 0 Å². The molecule has 0 aliphatic carbocycles. The van der Waals surface area contributed by atoms with Crippen LogP contribution in [0.2, 0.25) is 0 Å². The summed E-state index contributed by atoms with van der Waals surface area (Å²) in [7, 11) is 1.63. The van der Waals surface area contributed by atoms with Crippen molar-refractivity contribution in [3.8, 4) is 5.75 Å². The quantitative estimate of drug-likeness (QED) is 0.777. The van der Waals surface area contributed by atoms with E-state index in [4.69, 9.17) is 10.5 Å². The Morgan fingerprint density at radius 3 is 2.41 bits per heavy atom. The summed E-state index contributed by atoms with van der Waals surface area (Å²) in [5.41, 5.74) is 5.78. The number of benzene rings is 1. The summed E-state index contributed by atoms with van der Waals surface area (Å²) in [6.07, 6.45) is 0.570. The van der Waals surface area contributed by atoms with Crippen molar-refractivity contribution in [3.63, 3.8) is 0 Å². The smallest absolute Gasteiger partial charge is 0.237 e. The van der Waals surface area contributed by atoms with Gasteiger partial charge in [0, 0.05) is 0 Å². The van der Waals surface area contributed by atoms with Gasteiger partial charge in [0.05, 0.1) is 12.6 Å². The minimum atomic E-state index is -0.705. The van der Waals surface area contributed by atoms with Gasteiger partial charge in [0.25, 0.3) is 0 Å². The number of likely N-dealkylation sites (N-methyl/N-ethyl adjacent to an activating group) is 1. The molecule has 1 amide bonds. The number of carbonyl (C=O) groups excluding carboxylic acids is 1. The minimum Gasteiger partial charge on any atom is -0.497 e. The molecular weight excluding hydrogens is 216 g/mol. The van der Waals surface area contributed by atoms with E-state index in [1.54, 1.807) is 7.11 Å². The lowest BCUT2D eigenvalue weighted by Gasteiger charge is -2.27. The maximum Gasteiger partial charge on any atom is 0.237 e. The van der Waals surface area contributed by atoms with Gasteiger partial charge in [0.1, 0.15) is 5.75 Å². The summed E-state index contributed by atoms with van der Waals surface area (Å²) in [6.45, 7) is 4.48. The molecular formula is C13H20N2O2. The van der Waals surface area contributed by atoms with Crippen molar-refractivity contribution in [2.75, 3.05) is 13.7 Å². The average Bonchev–Trinajstić information content (AvgIpc) is 2.30. The van der Waals surface area contributed by atoms with E-state index in [9.17, 15) is 4.79 Å². The van der Waals surface area contributed by atoms with Crippen molar-refractivity contribution in [3.05, 3.63) is 29.8 Å². The van der Waals surface area contributed by atoms with Crippen LogP contribution >= 0.6 is 0 Å². The van der Waals surface area contributed by atoms with Crippen molar-refractivity contribution in [1.29, 1.82) is 0 Å². The molecule has 1 aromatic rings. The second-order valence-corrected chi connectivity index (χ2v) is 4.25. The standard InChI is InChI=1S/C13H20N2O2/c1-4-15-13(2,12(14)16)9-10-5-7-11(17-3)8-6-10/h5-8,15H,4,9H2,1-3H3,(H2,14,16). The fourth-order valence-electron chi connectivity index (χ4n) is 1.78. The SMILES string of the molecule is CCNC(C)(Cc1ccc(OC)cc1)C(N)=O. The summed E-state index contributed by atoms with van der Waals surface area (Å²) < 4.78 is 5.09. The number of methoxy groups -OCH3 is 1. The molecule has 4 nitrogen and oxygen atoms in total. The van der Waals surface area contributed by atoms with E-state index >= 15 is 0 Å². The second-order valence-electron chi connectivity index (χ2n) is 4.25. The predicted octanol–water partition coefficient (Wildman–Crippen LogP) is 1.09. The topological polar surface area (TPSA) is 64.3 Å². The first-order valence-corrected chi connectivity index (χ1v) is 5.69. The molecule has 0 aromatic heterocycles. The maximum atomic E-state index is 11.5. The Labute approximate surface area is 102 Å². The number of hydrogen-bond donors (Lipinski definition) is 2. The highest BCUT2D eigenvalue weighted by molar-refractivity contribution is 5.84. The number of hydrogen-bond acceptors (Lipinski definition) is 3. The molecule has 0 aliphatic rings. The third-order valence-electron chi connectivity index (χ3n) is 2.83. The van der Waals surface area contributed by atoms with E-state index < -0.39 is 5.54 Å². The van der Waals surface area contributed by atoms with Gasteiger partial charge in [-0.1, -0.05) is 19.1 Å². The second kappa shape index (κ2) is 5.68. The summed E-state index contributed by atoms with van der Waals surface area (Å²) in [5.74, 6) is 0.466. The number of rotatable bonds is 6. The zero-order valence-electron chi connectivity index (χ0n) is 10.6. The Morgan fingerprint density at radius 1 is 1.41 bits per heavy atom. The maximum absolute atomic E-state index is 11.5. The first-order valence-electron chi connectivity index (χ1n) is 5.69. The fraction of sp³-hybridized carbons (Fsp3) is 0.462. The van der Waals surface area contributed by atoms with Gasteiger partial charge in [-0.25, -0.2) is 0 Å². The molecule has 0 fully saturated rings. The van der Waals surface area contributed by atoms with Gasteiger partial charge in [0.2, 0.25) is 5.91 Å². The van der Waals surface area contributed by atoms with Crippen molar-refractivity contribution in [2.45, 2.75) is 25.8 Å². The molecule has 4 heteroatoms. The number of nitrogens with two attached hydrogens (primary N) is 1. The average molecular weight is 236 g/mol. The lowest BCUT2D eigenvalue weighted by atomic mass is 9.92. The van der Waals surface area contributed by atoms with E-state index in [0.29, 0.717) is 13.0 Å². The lowest BCUT2D eigenvalue weighted by molar-refractivity contribution is -0.123. The zero-order chi connectivity index (χ0) is 12.9. The monoisotopic (exact) mass is 236 g/mol. The molecule has 0 saturated carbocycles. The van der Waals surface area contributed by atoms with Crippen molar-refractivity contribution in [2.24, 2.45) is 5.73 Å². The normalized spacial score (nSPS) is 14.1. The lowest BCUT2D eigenvalue weighted by Crippen LogP contribution is -2.54. The van der Waals surface area contributed by atoms with Gasteiger partial charge < -0.3 is 15.8 Å². The van der Waals surface area contributed by atoms with Gasteiger partial charge in [-0.2, -0.15) is 0 Å². The van der Waals surface area contributed by atoms with E-state index in [-0.39, 0.29) is 5.91 Å². The van der Waals surface area contributed by atoms with Gasteiger partial charge in [-0.3, -0.25) is 4.79 Å². The van der Waals surface area contributed by atoms with Gasteiger partial charge in [-0.15, -0.1) is 0 Å². The molecule has 1 unspecified atom stereocenters. The number of carbonyl (C=O) groups is 1. The Kier molecular flexibility index (Phi) is 4.52. The summed E-state index contributed by atoms with van der Waals surface area (Å²) >= 11 is 0. The van der Waals surface area contributed by atoms with Gasteiger partial charge in [-0.05, 0) is 37.6 Å². The van der Waals surface area contributed by atoms with Crippen LogP contribution in [0, 0.1) is 0 Å². The first kappa shape index (κ1) is 13.5. The molecule has 1 rings (SSSR count). The van der Waals surface area contributed by atoms with Crippen molar-refractivity contribution >= 4 is 5.91 Å². The number of primary amides is 1. The molecule has 17 heavy (non-hydrogen) atoms. The number of amides is 1. The Morgan fingerprint density at radius 2 is 2.00 bits per heavy atom. The molecule has 3 N–H and O–H groups in total. The molecule has 0 aliphatic heterocycles. The minimum absolute atomic E-state index is 0.338. The highest BCUT2D eigenvalue weighted by Crippen LogP contribution is 2.16. The first-order chi connectivity index (χ1) is 8.01. The number of nitrogens with one attached hydrogen (secondary N) is 1. The van der Waals surface area contributed by atoms with E-state index in [2.05, 4.69) is 5.32 Å². The van der Waals surface area contributed by atoms with Crippen LogP contribution in [0.15, 0.2) is 24.3 Å². The predicted molar refractivity (Wildman–Crippen MR) is 68.0 cm³/mol. The van der Waals surface area contributed by atoms with Crippen molar-refractivity contribution in [1.82, 2.24) is 5.32 Å². The molecule has 0 bridgehead atoms. The molecule has 0 heterocycles. The van der Waals surface area contributed by atoms with E-state index in [1.807, 2.05) is 38.1 Å². The van der Waals surface area contributed by atoms with Gasteiger partial charge >= 0.3 is 0 Å². The third kappa shape index (κ3) is 3.46. The van der Waals surface area contributed by atoms with Crippen LogP contribution in [0.5, 0.6) is 5.75 Å². The molecule has 0 saturated heterocycles. The van der Waals surface area contributed by atoms with Gasteiger partial charge in [0.15, 0.2) is 0 Å². The molecule has 1 atom stereocenters. The van der Waals surface area contributed by atoms with E-state index in [0.717, 1.165) is 11.3 Å². The molecule has 1 aromatic carbocycles. The van der Waals surface area contributed by atoms with E-state index in [1.165, 1.54) is 0 Å². The molecule has 0 radical (unpaired) electrons. The van der Waals surface area contributed by atoms with Crippen LogP contribution in [0.4, 0.5) is 0 Å². The number of ether oxygens (including phenoxy) is 1. The molecule has 94 valence electrons. The van der Waals surface area contributed by atoms with Crippen LogP contribution < -0.4 is 15.8 Å². The highest BCUT2D eigenvalue weighted by atomic mass is 16.5. The Bertz CT molecular complexity index is 376. The van der Waals surface area contributed by atoms with Crippen LogP contribution in [-0.4, -0.2) is 25.1 Å². The summed E-state index contributed by atoms with van der Waals surface area (Å²) in [4.78, 5) is 11.5. The highest BCUT2D eigenvalue weighted by Gasteiger charge is 2.29. The van der Waals surface area contributed by atoms with Crippen molar-refractivity contribution < 1.29 is 9.53 Å².